The molecule has 2 aliphatic carbocycles. The number of rotatable bonds is 6. The van der Waals surface area contributed by atoms with Crippen molar-refractivity contribution >= 4 is 5.96 Å². The molecule has 0 aromatic carbocycles. The SMILES string of the molecule is CCNC(=NCCn1cnnc1CC)N1CCN(C2CC3CCC2C3)CC1. The average molecular weight is 374 g/mol. The Labute approximate surface area is 163 Å². The summed E-state index contributed by atoms with van der Waals surface area (Å²) in [6.45, 7) is 11.3. The van der Waals surface area contributed by atoms with Crippen LogP contribution in [0.25, 0.3) is 0 Å². The van der Waals surface area contributed by atoms with E-state index in [-0.39, 0.29) is 0 Å². The lowest BCUT2D eigenvalue weighted by Gasteiger charge is -2.42. The van der Waals surface area contributed by atoms with Crippen LogP contribution in [-0.2, 0) is 13.0 Å². The first kappa shape index (κ1) is 18.7. The maximum atomic E-state index is 4.88. The molecule has 1 aromatic rings. The summed E-state index contributed by atoms with van der Waals surface area (Å²) >= 11 is 0. The number of aliphatic imine (C=N–C) groups is 1. The lowest BCUT2D eigenvalue weighted by Crippen LogP contribution is -2.55. The second-order valence-electron chi connectivity index (χ2n) is 8.29. The van der Waals surface area contributed by atoms with Gasteiger partial charge in [0.2, 0.25) is 0 Å². The predicted octanol–water partition coefficient (Wildman–Crippen LogP) is 1.61. The number of piperazine rings is 1. The van der Waals surface area contributed by atoms with Crippen LogP contribution >= 0.6 is 0 Å². The second-order valence-corrected chi connectivity index (χ2v) is 8.29. The summed E-state index contributed by atoms with van der Waals surface area (Å²) in [6.07, 6.45) is 8.65. The van der Waals surface area contributed by atoms with E-state index in [1.807, 2.05) is 6.33 Å². The van der Waals surface area contributed by atoms with E-state index in [1.165, 1.54) is 38.8 Å². The molecule has 2 heterocycles. The topological polar surface area (TPSA) is 61.6 Å². The highest BCUT2D eigenvalue weighted by atomic mass is 15.4. The molecule has 0 amide bonds. The number of nitrogens with one attached hydrogen (secondary N) is 1. The minimum Gasteiger partial charge on any atom is -0.357 e. The third-order valence-corrected chi connectivity index (χ3v) is 6.73. The molecule has 7 nitrogen and oxygen atoms in total. The van der Waals surface area contributed by atoms with E-state index < -0.39 is 0 Å². The number of guanidine groups is 1. The number of aromatic nitrogens is 3. The van der Waals surface area contributed by atoms with E-state index in [0.29, 0.717) is 0 Å². The van der Waals surface area contributed by atoms with Gasteiger partial charge in [-0.1, -0.05) is 13.3 Å². The number of aryl methyl sites for hydroxylation is 1. The van der Waals surface area contributed by atoms with Crippen molar-refractivity contribution < 1.29 is 0 Å². The van der Waals surface area contributed by atoms with Crippen LogP contribution in [0.2, 0.25) is 0 Å². The summed E-state index contributed by atoms with van der Waals surface area (Å²) in [5.74, 6) is 4.12. The molecule has 4 rings (SSSR count). The Bertz CT molecular complexity index is 632. The summed E-state index contributed by atoms with van der Waals surface area (Å²) in [6, 6.07) is 0.867. The van der Waals surface area contributed by atoms with Gasteiger partial charge in [-0.25, -0.2) is 0 Å². The van der Waals surface area contributed by atoms with Gasteiger partial charge in [0.25, 0.3) is 0 Å². The van der Waals surface area contributed by atoms with E-state index in [9.17, 15) is 0 Å². The van der Waals surface area contributed by atoms with Crippen LogP contribution in [0.5, 0.6) is 0 Å². The molecule has 0 spiro atoms. The van der Waals surface area contributed by atoms with Gasteiger partial charge in [-0.15, -0.1) is 10.2 Å². The fourth-order valence-electron chi connectivity index (χ4n) is 5.35. The van der Waals surface area contributed by atoms with Crippen LogP contribution < -0.4 is 5.32 Å². The summed E-state index contributed by atoms with van der Waals surface area (Å²) < 4.78 is 2.11. The first-order valence-corrected chi connectivity index (χ1v) is 10.9. The highest BCUT2D eigenvalue weighted by molar-refractivity contribution is 5.80. The summed E-state index contributed by atoms with van der Waals surface area (Å²) in [5, 5.41) is 11.7. The molecule has 150 valence electrons. The zero-order valence-corrected chi connectivity index (χ0v) is 17.0. The van der Waals surface area contributed by atoms with Crippen LogP contribution in [-0.4, -0.2) is 75.8 Å². The number of hydrogen-bond acceptors (Lipinski definition) is 4. The second kappa shape index (κ2) is 8.59. The molecule has 2 saturated carbocycles. The Balaban J connectivity index is 1.30. The number of fused-ring (bicyclic) bond motifs is 2. The van der Waals surface area contributed by atoms with E-state index >= 15 is 0 Å². The van der Waals surface area contributed by atoms with E-state index in [1.54, 1.807) is 0 Å². The highest BCUT2D eigenvalue weighted by Gasteiger charge is 2.42. The van der Waals surface area contributed by atoms with Crippen LogP contribution in [0.4, 0.5) is 0 Å². The van der Waals surface area contributed by atoms with Gasteiger partial charge in [0, 0.05) is 51.7 Å². The van der Waals surface area contributed by atoms with Gasteiger partial charge in [0.15, 0.2) is 5.96 Å². The largest absolute Gasteiger partial charge is 0.357 e. The normalized spacial score (nSPS) is 28.9. The molecule has 1 aromatic heterocycles. The zero-order chi connectivity index (χ0) is 18.6. The number of hydrogen-bond donors (Lipinski definition) is 1. The van der Waals surface area contributed by atoms with Gasteiger partial charge < -0.3 is 14.8 Å². The smallest absolute Gasteiger partial charge is 0.194 e. The van der Waals surface area contributed by atoms with Gasteiger partial charge in [-0.3, -0.25) is 9.89 Å². The molecule has 0 radical (unpaired) electrons. The van der Waals surface area contributed by atoms with Crippen molar-refractivity contribution in [3.63, 3.8) is 0 Å². The Morgan fingerprint density at radius 1 is 1.19 bits per heavy atom. The Hall–Kier alpha value is -1.63. The molecule has 3 aliphatic rings. The Morgan fingerprint density at radius 3 is 2.70 bits per heavy atom. The summed E-state index contributed by atoms with van der Waals surface area (Å²) in [4.78, 5) is 10.1. The van der Waals surface area contributed by atoms with Gasteiger partial charge in [0.05, 0.1) is 6.54 Å². The first-order valence-electron chi connectivity index (χ1n) is 10.9. The number of nitrogens with zero attached hydrogens (tertiary/aromatic N) is 6. The first-order chi connectivity index (χ1) is 13.3. The maximum Gasteiger partial charge on any atom is 0.194 e. The third-order valence-electron chi connectivity index (χ3n) is 6.73. The molecule has 1 aliphatic heterocycles. The minimum atomic E-state index is 0.764. The maximum absolute atomic E-state index is 4.88. The van der Waals surface area contributed by atoms with Crippen LogP contribution in [0.1, 0.15) is 45.4 Å². The van der Waals surface area contributed by atoms with E-state index in [2.05, 4.69) is 43.7 Å². The van der Waals surface area contributed by atoms with E-state index in [0.717, 1.165) is 68.8 Å². The van der Waals surface area contributed by atoms with Crippen molar-refractivity contribution in [2.24, 2.45) is 16.8 Å². The molecule has 7 heteroatoms. The van der Waals surface area contributed by atoms with Crippen LogP contribution in [0.15, 0.2) is 11.3 Å². The quantitative estimate of drug-likeness (QED) is 0.606. The van der Waals surface area contributed by atoms with Gasteiger partial charge in [0.1, 0.15) is 12.2 Å². The molecule has 3 fully saturated rings. The molecule has 1 N–H and O–H groups in total. The van der Waals surface area contributed by atoms with Crippen molar-refractivity contribution in [3.8, 4) is 0 Å². The average Bonchev–Trinajstić information content (AvgIpc) is 3.44. The minimum absolute atomic E-state index is 0.764. The lowest BCUT2D eigenvalue weighted by atomic mass is 9.93. The molecular weight excluding hydrogens is 338 g/mol. The summed E-state index contributed by atoms with van der Waals surface area (Å²) in [7, 11) is 0. The Morgan fingerprint density at radius 2 is 2.04 bits per heavy atom. The molecule has 2 bridgehead atoms. The van der Waals surface area contributed by atoms with Crippen molar-refractivity contribution in [2.75, 3.05) is 39.3 Å². The Kier molecular flexibility index (Phi) is 5.95. The van der Waals surface area contributed by atoms with Crippen molar-refractivity contribution in [1.29, 1.82) is 0 Å². The monoisotopic (exact) mass is 373 g/mol. The summed E-state index contributed by atoms with van der Waals surface area (Å²) in [5.41, 5.74) is 0. The van der Waals surface area contributed by atoms with Crippen molar-refractivity contribution in [2.45, 2.75) is 58.5 Å². The van der Waals surface area contributed by atoms with Crippen molar-refractivity contribution in [1.82, 2.24) is 29.9 Å². The molecule has 1 saturated heterocycles. The van der Waals surface area contributed by atoms with Crippen LogP contribution in [0.3, 0.4) is 0 Å². The van der Waals surface area contributed by atoms with Crippen molar-refractivity contribution in [3.05, 3.63) is 12.2 Å². The molecule has 27 heavy (non-hydrogen) atoms. The standard InChI is InChI=1S/C20H35N7/c1-3-19-24-23-15-27(19)8-7-22-20(21-4-2)26-11-9-25(10-12-26)18-14-16-5-6-17(18)13-16/h15-18H,3-14H2,1-2H3,(H,21,22). The van der Waals surface area contributed by atoms with Gasteiger partial charge in [-0.05, 0) is 38.0 Å². The lowest BCUT2D eigenvalue weighted by molar-refractivity contribution is 0.0958. The highest BCUT2D eigenvalue weighted by Crippen LogP contribution is 2.46. The molecule has 3 atom stereocenters. The fourth-order valence-corrected chi connectivity index (χ4v) is 5.35. The van der Waals surface area contributed by atoms with Gasteiger partial charge >= 0.3 is 0 Å². The van der Waals surface area contributed by atoms with E-state index in [4.69, 9.17) is 4.99 Å². The fraction of sp³-hybridized carbons (Fsp3) is 0.850. The van der Waals surface area contributed by atoms with Gasteiger partial charge in [-0.2, -0.15) is 0 Å². The predicted molar refractivity (Wildman–Crippen MR) is 108 cm³/mol. The molecular formula is C20H35N7. The third kappa shape index (κ3) is 4.13. The zero-order valence-electron chi connectivity index (χ0n) is 17.0. The molecule has 3 unspecified atom stereocenters. The van der Waals surface area contributed by atoms with Crippen LogP contribution in [0, 0.1) is 11.8 Å².